The first-order chi connectivity index (χ1) is 12.1. The molecule has 1 atom stereocenters. The van der Waals surface area contributed by atoms with E-state index in [2.05, 4.69) is 27.6 Å². The summed E-state index contributed by atoms with van der Waals surface area (Å²) < 4.78 is 5.32. The first-order valence-corrected chi connectivity index (χ1v) is 9.02. The molecule has 1 aromatic heterocycles. The minimum Gasteiger partial charge on any atom is -0.497 e. The molecule has 0 unspecified atom stereocenters. The zero-order valence-electron chi connectivity index (χ0n) is 15.3. The van der Waals surface area contributed by atoms with Crippen LogP contribution in [0, 0.1) is 13.8 Å². The predicted molar refractivity (Wildman–Crippen MR) is 98.1 cm³/mol. The number of amides is 1. The fourth-order valence-electron chi connectivity index (χ4n) is 3.74. The first-order valence-electron chi connectivity index (χ1n) is 9.02. The van der Waals surface area contributed by atoms with Crippen molar-refractivity contribution in [2.24, 2.45) is 0 Å². The van der Waals surface area contributed by atoms with E-state index in [1.807, 2.05) is 19.9 Å². The molecule has 0 saturated heterocycles. The van der Waals surface area contributed by atoms with E-state index >= 15 is 0 Å². The van der Waals surface area contributed by atoms with E-state index in [1.54, 1.807) is 7.11 Å². The third-order valence-corrected chi connectivity index (χ3v) is 5.22. The van der Waals surface area contributed by atoms with Gasteiger partial charge in [-0.1, -0.05) is 6.07 Å². The number of carbonyl (C=O) groups is 1. The molecule has 1 amide bonds. The van der Waals surface area contributed by atoms with Gasteiger partial charge in [-0.3, -0.25) is 9.89 Å². The molecule has 1 aromatic carbocycles. The number of nitrogens with one attached hydrogen (secondary N) is 2. The standard InChI is InChI=1S/C20H27N3O2/c1-13-18(14(2)23-22-13)9-10-20(24)21-12-16-6-4-5-15-11-17(25-3)7-8-19(15)16/h7-8,11,16H,4-6,9-10,12H2,1-3H3,(H,21,24)(H,22,23)/t16-/m1/s1. The quantitative estimate of drug-likeness (QED) is 0.848. The van der Waals surface area contributed by atoms with E-state index in [4.69, 9.17) is 4.74 Å². The summed E-state index contributed by atoms with van der Waals surface area (Å²) in [6.07, 6.45) is 4.62. The van der Waals surface area contributed by atoms with Gasteiger partial charge in [0.15, 0.2) is 0 Å². The van der Waals surface area contributed by atoms with E-state index in [-0.39, 0.29) is 5.91 Å². The summed E-state index contributed by atoms with van der Waals surface area (Å²) in [5.41, 5.74) is 5.91. The highest BCUT2D eigenvalue weighted by Crippen LogP contribution is 2.33. The largest absolute Gasteiger partial charge is 0.497 e. The molecule has 1 aliphatic carbocycles. The number of aromatic amines is 1. The summed E-state index contributed by atoms with van der Waals surface area (Å²) in [5, 5.41) is 10.3. The van der Waals surface area contributed by atoms with Gasteiger partial charge in [-0.2, -0.15) is 5.10 Å². The number of hydrogen-bond acceptors (Lipinski definition) is 3. The van der Waals surface area contributed by atoms with E-state index in [0.29, 0.717) is 18.9 Å². The van der Waals surface area contributed by atoms with E-state index in [1.165, 1.54) is 11.1 Å². The number of carbonyl (C=O) groups excluding carboxylic acids is 1. The molecule has 5 nitrogen and oxygen atoms in total. The van der Waals surface area contributed by atoms with Crippen LogP contribution in [0.1, 0.15) is 53.3 Å². The fraction of sp³-hybridized carbons (Fsp3) is 0.500. The SMILES string of the molecule is COc1ccc2c(c1)CCC[C@@H]2CNC(=O)CCc1c(C)n[nH]c1C. The Bertz CT molecular complexity index is 732. The van der Waals surface area contributed by atoms with Gasteiger partial charge in [0.05, 0.1) is 12.8 Å². The summed E-state index contributed by atoms with van der Waals surface area (Å²) >= 11 is 0. The molecule has 0 fully saturated rings. The Kier molecular flexibility index (Phi) is 5.41. The fourth-order valence-corrected chi connectivity index (χ4v) is 3.74. The van der Waals surface area contributed by atoms with Crippen LogP contribution in [0.2, 0.25) is 0 Å². The van der Waals surface area contributed by atoms with Crippen molar-refractivity contribution in [2.75, 3.05) is 13.7 Å². The summed E-state index contributed by atoms with van der Waals surface area (Å²) in [4.78, 5) is 12.3. The van der Waals surface area contributed by atoms with Gasteiger partial charge in [0.1, 0.15) is 5.75 Å². The molecule has 0 spiro atoms. The molecule has 2 N–H and O–H groups in total. The molecule has 0 saturated carbocycles. The highest BCUT2D eigenvalue weighted by Gasteiger charge is 2.21. The lowest BCUT2D eigenvalue weighted by atomic mass is 9.82. The van der Waals surface area contributed by atoms with Crippen molar-refractivity contribution in [2.45, 2.75) is 51.9 Å². The van der Waals surface area contributed by atoms with Crippen molar-refractivity contribution in [1.82, 2.24) is 15.5 Å². The van der Waals surface area contributed by atoms with Crippen LogP contribution in [-0.2, 0) is 17.6 Å². The van der Waals surface area contributed by atoms with Crippen LogP contribution in [0.5, 0.6) is 5.75 Å². The maximum Gasteiger partial charge on any atom is 0.220 e. The zero-order valence-corrected chi connectivity index (χ0v) is 15.3. The number of rotatable bonds is 6. The minimum atomic E-state index is 0.112. The van der Waals surface area contributed by atoms with E-state index in [9.17, 15) is 4.79 Å². The van der Waals surface area contributed by atoms with Gasteiger partial charge in [-0.05, 0) is 68.4 Å². The molecular formula is C20H27N3O2. The molecule has 1 aliphatic rings. The van der Waals surface area contributed by atoms with Crippen molar-refractivity contribution in [1.29, 1.82) is 0 Å². The maximum atomic E-state index is 12.3. The predicted octanol–water partition coefficient (Wildman–Crippen LogP) is 3.20. The van der Waals surface area contributed by atoms with E-state index < -0.39 is 0 Å². The van der Waals surface area contributed by atoms with Gasteiger partial charge < -0.3 is 10.1 Å². The van der Waals surface area contributed by atoms with Gasteiger partial charge in [-0.25, -0.2) is 0 Å². The highest BCUT2D eigenvalue weighted by molar-refractivity contribution is 5.76. The number of aryl methyl sites for hydroxylation is 3. The van der Waals surface area contributed by atoms with Crippen LogP contribution in [0.15, 0.2) is 18.2 Å². The third kappa shape index (κ3) is 4.03. The lowest BCUT2D eigenvalue weighted by molar-refractivity contribution is -0.121. The Morgan fingerprint density at radius 1 is 1.40 bits per heavy atom. The average Bonchev–Trinajstić information content (AvgIpc) is 2.95. The minimum absolute atomic E-state index is 0.112. The van der Waals surface area contributed by atoms with Crippen LogP contribution in [-0.4, -0.2) is 29.8 Å². The van der Waals surface area contributed by atoms with Crippen molar-refractivity contribution in [3.05, 3.63) is 46.3 Å². The molecule has 2 aromatic rings. The lowest BCUT2D eigenvalue weighted by Gasteiger charge is -2.26. The monoisotopic (exact) mass is 341 g/mol. The van der Waals surface area contributed by atoms with Crippen LogP contribution in [0.25, 0.3) is 0 Å². The third-order valence-electron chi connectivity index (χ3n) is 5.22. The Hall–Kier alpha value is -2.30. The number of ether oxygens (including phenoxy) is 1. The van der Waals surface area contributed by atoms with E-state index in [0.717, 1.165) is 48.4 Å². The second-order valence-corrected chi connectivity index (χ2v) is 6.87. The Balaban J connectivity index is 1.55. The Morgan fingerprint density at radius 3 is 2.96 bits per heavy atom. The molecule has 3 rings (SSSR count). The molecule has 134 valence electrons. The van der Waals surface area contributed by atoms with Gasteiger partial charge in [0.2, 0.25) is 5.91 Å². The normalized spacial score (nSPS) is 16.4. The average molecular weight is 341 g/mol. The molecule has 0 aliphatic heterocycles. The van der Waals surface area contributed by atoms with Crippen molar-refractivity contribution in [3.63, 3.8) is 0 Å². The number of methoxy groups -OCH3 is 1. The summed E-state index contributed by atoms with van der Waals surface area (Å²) in [5.74, 6) is 1.42. The Labute approximate surface area is 149 Å². The lowest BCUT2D eigenvalue weighted by Crippen LogP contribution is -2.30. The molecule has 0 bridgehead atoms. The van der Waals surface area contributed by atoms with Crippen LogP contribution >= 0.6 is 0 Å². The second-order valence-electron chi connectivity index (χ2n) is 6.87. The van der Waals surface area contributed by atoms with Gasteiger partial charge in [0.25, 0.3) is 0 Å². The summed E-state index contributed by atoms with van der Waals surface area (Å²) in [6.45, 7) is 4.69. The molecule has 5 heteroatoms. The Morgan fingerprint density at radius 2 is 2.24 bits per heavy atom. The van der Waals surface area contributed by atoms with Gasteiger partial charge in [0, 0.05) is 24.6 Å². The number of hydrogen-bond donors (Lipinski definition) is 2. The number of fused-ring (bicyclic) bond motifs is 1. The summed E-state index contributed by atoms with van der Waals surface area (Å²) in [7, 11) is 1.70. The van der Waals surface area contributed by atoms with Crippen LogP contribution in [0.3, 0.4) is 0 Å². The van der Waals surface area contributed by atoms with Crippen molar-refractivity contribution < 1.29 is 9.53 Å². The van der Waals surface area contributed by atoms with Gasteiger partial charge in [-0.15, -0.1) is 0 Å². The number of H-pyrrole nitrogens is 1. The van der Waals surface area contributed by atoms with Crippen LogP contribution < -0.4 is 10.1 Å². The highest BCUT2D eigenvalue weighted by atomic mass is 16.5. The van der Waals surface area contributed by atoms with Crippen LogP contribution in [0.4, 0.5) is 0 Å². The molecular weight excluding hydrogens is 314 g/mol. The molecule has 1 heterocycles. The van der Waals surface area contributed by atoms with Gasteiger partial charge >= 0.3 is 0 Å². The smallest absolute Gasteiger partial charge is 0.220 e. The number of benzene rings is 1. The van der Waals surface area contributed by atoms with Crippen molar-refractivity contribution in [3.8, 4) is 5.75 Å². The first kappa shape index (κ1) is 17.5. The second kappa shape index (κ2) is 7.72. The zero-order chi connectivity index (χ0) is 17.8. The maximum absolute atomic E-state index is 12.3. The molecule has 0 radical (unpaired) electrons. The summed E-state index contributed by atoms with van der Waals surface area (Å²) in [6, 6.07) is 6.31. The number of aromatic nitrogens is 2. The topological polar surface area (TPSA) is 67.0 Å². The van der Waals surface area contributed by atoms with Crippen molar-refractivity contribution >= 4 is 5.91 Å². The molecule has 25 heavy (non-hydrogen) atoms. The number of nitrogens with zero attached hydrogens (tertiary/aromatic N) is 1.